The number of hydrogen-bond acceptors (Lipinski definition) is 3. The Morgan fingerprint density at radius 2 is 2.16 bits per heavy atom. The van der Waals surface area contributed by atoms with Crippen LogP contribution in [0.2, 0.25) is 0 Å². The Balaban J connectivity index is 2.44. The Bertz CT molecular complexity index is 533. The van der Waals surface area contributed by atoms with E-state index in [4.69, 9.17) is 5.11 Å². The van der Waals surface area contributed by atoms with Gasteiger partial charge in [-0.3, -0.25) is 9.59 Å². The molecule has 102 valence electrons. The van der Waals surface area contributed by atoms with E-state index in [1.54, 1.807) is 11.8 Å². The molecule has 1 atom stereocenters. The van der Waals surface area contributed by atoms with E-state index in [-0.39, 0.29) is 24.9 Å². The zero-order valence-corrected chi connectivity index (χ0v) is 12.3. The number of likely N-dealkylation sites (N-methyl/N-ethyl adjacent to an activating group) is 1. The monoisotopic (exact) mass is 326 g/mol. The Labute approximate surface area is 119 Å². The van der Waals surface area contributed by atoms with Crippen molar-refractivity contribution in [3.8, 4) is 0 Å². The number of rotatable bonds is 3. The second-order valence-corrected chi connectivity index (χ2v) is 5.62. The zero-order chi connectivity index (χ0) is 14.2. The average Bonchev–Trinajstić information content (AvgIpc) is 2.26. The third-order valence-corrected chi connectivity index (χ3v) is 3.65. The molecule has 1 N–H and O–H groups in total. The summed E-state index contributed by atoms with van der Waals surface area (Å²) < 4.78 is 0.863. The van der Waals surface area contributed by atoms with Gasteiger partial charge in [-0.15, -0.1) is 0 Å². The highest BCUT2D eigenvalue weighted by atomic mass is 79.9. The molecule has 1 unspecified atom stereocenters. The Morgan fingerprint density at radius 3 is 2.79 bits per heavy atom. The Kier molecular flexibility index (Phi) is 3.80. The van der Waals surface area contributed by atoms with Crippen LogP contribution in [0.25, 0.3) is 0 Å². The summed E-state index contributed by atoms with van der Waals surface area (Å²) in [5.74, 6) is -0.988. The topological polar surface area (TPSA) is 60.9 Å². The second kappa shape index (κ2) is 5.21. The highest BCUT2D eigenvalue weighted by Crippen LogP contribution is 2.36. The normalized spacial score (nSPS) is 16.3. The predicted molar refractivity (Wildman–Crippen MR) is 76.6 cm³/mol. The SMILES string of the molecule is CC(CC(=O)O)N1C(=O)CN(C)c2ccc(Br)cc21. The fraction of sp³-hybridized carbons (Fsp3) is 0.385. The number of carboxylic acid groups (broad SMARTS) is 1. The summed E-state index contributed by atoms with van der Waals surface area (Å²) in [5, 5.41) is 8.90. The lowest BCUT2D eigenvalue weighted by Gasteiger charge is -2.38. The highest BCUT2D eigenvalue weighted by Gasteiger charge is 2.31. The number of halogens is 1. The van der Waals surface area contributed by atoms with Crippen molar-refractivity contribution >= 4 is 39.2 Å². The first kappa shape index (κ1) is 13.9. The van der Waals surface area contributed by atoms with Crippen LogP contribution >= 0.6 is 15.9 Å². The van der Waals surface area contributed by atoms with Gasteiger partial charge in [0.2, 0.25) is 5.91 Å². The summed E-state index contributed by atoms with van der Waals surface area (Å²) >= 11 is 3.38. The molecule has 0 spiro atoms. The van der Waals surface area contributed by atoms with Crippen molar-refractivity contribution in [3.63, 3.8) is 0 Å². The van der Waals surface area contributed by atoms with Crippen LogP contribution < -0.4 is 9.80 Å². The van der Waals surface area contributed by atoms with Crippen LogP contribution in [0.1, 0.15) is 13.3 Å². The van der Waals surface area contributed by atoms with Gasteiger partial charge in [0.05, 0.1) is 24.3 Å². The van der Waals surface area contributed by atoms with Crippen molar-refractivity contribution < 1.29 is 14.7 Å². The average molecular weight is 327 g/mol. The fourth-order valence-electron chi connectivity index (χ4n) is 2.34. The van der Waals surface area contributed by atoms with Crippen molar-refractivity contribution in [1.29, 1.82) is 0 Å². The number of carboxylic acids is 1. The highest BCUT2D eigenvalue weighted by molar-refractivity contribution is 9.10. The first-order valence-electron chi connectivity index (χ1n) is 5.94. The van der Waals surface area contributed by atoms with E-state index in [2.05, 4.69) is 15.9 Å². The molecule has 1 aliphatic heterocycles. The number of nitrogens with zero attached hydrogens (tertiary/aromatic N) is 2. The lowest BCUT2D eigenvalue weighted by Crippen LogP contribution is -2.49. The third kappa shape index (κ3) is 2.73. The number of benzene rings is 1. The van der Waals surface area contributed by atoms with Gasteiger partial charge in [0, 0.05) is 17.6 Å². The van der Waals surface area contributed by atoms with E-state index >= 15 is 0 Å². The van der Waals surface area contributed by atoms with Crippen LogP contribution in [0.3, 0.4) is 0 Å². The molecule has 1 amide bonds. The number of anilines is 2. The van der Waals surface area contributed by atoms with Gasteiger partial charge < -0.3 is 14.9 Å². The van der Waals surface area contributed by atoms with E-state index in [9.17, 15) is 9.59 Å². The smallest absolute Gasteiger partial charge is 0.305 e. The Morgan fingerprint density at radius 1 is 1.47 bits per heavy atom. The van der Waals surface area contributed by atoms with Gasteiger partial charge >= 0.3 is 5.97 Å². The molecule has 1 aliphatic rings. The van der Waals surface area contributed by atoms with Crippen LogP contribution in [0.4, 0.5) is 11.4 Å². The molecule has 1 aromatic carbocycles. The summed E-state index contributed by atoms with van der Waals surface area (Å²) in [7, 11) is 1.85. The van der Waals surface area contributed by atoms with Crippen LogP contribution in [0.5, 0.6) is 0 Å². The summed E-state index contributed by atoms with van der Waals surface area (Å²) in [6, 6.07) is 5.31. The van der Waals surface area contributed by atoms with E-state index in [1.165, 1.54) is 0 Å². The lowest BCUT2D eigenvalue weighted by atomic mass is 10.1. The molecular formula is C13H15BrN2O3. The Hall–Kier alpha value is -1.56. The molecule has 0 radical (unpaired) electrons. The van der Waals surface area contributed by atoms with E-state index in [1.807, 2.05) is 30.1 Å². The van der Waals surface area contributed by atoms with Gasteiger partial charge in [-0.25, -0.2) is 0 Å². The summed E-state index contributed by atoms with van der Waals surface area (Å²) in [6.07, 6.45) is -0.0680. The van der Waals surface area contributed by atoms with Gasteiger partial charge in [0.1, 0.15) is 0 Å². The molecule has 1 heterocycles. The van der Waals surface area contributed by atoms with Gasteiger partial charge in [-0.2, -0.15) is 0 Å². The number of carbonyl (C=O) groups is 2. The van der Waals surface area contributed by atoms with Crippen molar-refractivity contribution in [2.24, 2.45) is 0 Å². The standard InChI is InChI=1S/C13H15BrN2O3/c1-8(5-13(18)19)16-11-6-9(14)3-4-10(11)15(2)7-12(16)17/h3-4,6,8H,5,7H2,1-2H3,(H,18,19). The van der Waals surface area contributed by atoms with Gasteiger partial charge in [-0.1, -0.05) is 15.9 Å². The molecule has 0 aliphatic carbocycles. The molecule has 6 heteroatoms. The molecule has 0 bridgehead atoms. The van der Waals surface area contributed by atoms with Crippen molar-refractivity contribution in [2.45, 2.75) is 19.4 Å². The maximum absolute atomic E-state index is 12.2. The predicted octanol–water partition coefficient (Wildman–Crippen LogP) is 2.10. The quantitative estimate of drug-likeness (QED) is 0.924. The second-order valence-electron chi connectivity index (χ2n) is 4.70. The fourth-order valence-corrected chi connectivity index (χ4v) is 2.69. The van der Waals surface area contributed by atoms with Gasteiger partial charge in [0.15, 0.2) is 0 Å². The summed E-state index contributed by atoms with van der Waals surface area (Å²) in [6.45, 7) is 2.01. The zero-order valence-electron chi connectivity index (χ0n) is 10.8. The number of amides is 1. The maximum atomic E-state index is 12.2. The largest absolute Gasteiger partial charge is 0.481 e. The van der Waals surface area contributed by atoms with E-state index in [0.29, 0.717) is 0 Å². The van der Waals surface area contributed by atoms with Gasteiger partial charge in [0.25, 0.3) is 0 Å². The van der Waals surface area contributed by atoms with E-state index in [0.717, 1.165) is 15.8 Å². The van der Waals surface area contributed by atoms with Crippen LogP contribution in [-0.2, 0) is 9.59 Å². The maximum Gasteiger partial charge on any atom is 0.305 e. The number of fused-ring (bicyclic) bond motifs is 1. The molecule has 2 rings (SSSR count). The van der Waals surface area contributed by atoms with Crippen molar-refractivity contribution in [3.05, 3.63) is 22.7 Å². The molecule has 0 fully saturated rings. The molecule has 19 heavy (non-hydrogen) atoms. The molecule has 0 aromatic heterocycles. The molecule has 1 aromatic rings. The minimum Gasteiger partial charge on any atom is -0.481 e. The van der Waals surface area contributed by atoms with Crippen molar-refractivity contribution in [2.75, 3.05) is 23.4 Å². The van der Waals surface area contributed by atoms with Gasteiger partial charge in [-0.05, 0) is 25.1 Å². The first-order chi connectivity index (χ1) is 8.90. The lowest BCUT2D eigenvalue weighted by molar-refractivity contribution is -0.137. The number of aliphatic carboxylic acids is 1. The van der Waals surface area contributed by atoms with Crippen LogP contribution in [0.15, 0.2) is 22.7 Å². The van der Waals surface area contributed by atoms with Crippen LogP contribution in [0, 0.1) is 0 Å². The first-order valence-corrected chi connectivity index (χ1v) is 6.74. The third-order valence-electron chi connectivity index (χ3n) is 3.16. The summed E-state index contributed by atoms with van der Waals surface area (Å²) in [4.78, 5) is 26.5. The van der Waals surface area contributed by atoms with E-state index < -0.39 is 5.97 Å². The van der Waals surface area contributed by atoms with Crippen LogP contribution in [-0.4, -0.2) is 36.6 Å². The number of carbonyl (C=O) groups excluding carboxylic acids is 1. The van der Waals surface area contributed by atoms with Crippen molar-refractivity contribution in [1.82, 2.24) is 0 Å². The molecule has 0 saturated heterocycles. The number of hydrogen-bond donors (Lipinski definition) is 1. The molecule has 5 nitrogen and oxygen atoms in total. The summed E-state index contributed by atoms with van der Waals surface area (Å²) in [5.41, 5.74) is 1.68. The molecule has 0 saturated carbocycles. The molecular weight excluding hydrogens is 312 g/mol. The minimum atomic E-state index is -0.907. The minimum absolute atomic E-state index is 0.0680.